The van der Waals surface area contributed by atoms with E-state index in [-0.39, 0.29) is 11.9 Å². The van der Waals surface area contributed by atoms with Gasteiger partial charge in [-0.1, -0.05) is 11.8 Å². The van der Waals surface area contributed by atoms with Crippen LogP contribution in [0.2, 0.25) is 0 Å². The molecule has 1 heterocycles. The molecule has 6 heteroatoms. The predicted molar refractivity (Wildman–Crippen MR) is 81.7 cm³/mol. The second kappa shape index (κ2) is 6.76. The molecule has 2 rings (SSSR count). The van der Waals surface area contributed by atoms with Gasteiger partial charge in [0.1, 0.15) is 5.75 Å². The van der Waals surface area contributed by atoms with Crippen molar-refractivity contribution >= 4 is 29.1 Å². The van der Waals surface area contributed by atoms with Crippen molar-refractivity contribution in [2.75, 3.05) is 5.75 Å². The fourth-order valence-electron chi connectivity index (χ4n) is 1.56. The SMILES string of the molecule is CC(C)Oc1ccc(-c2csc(SCC(=O)O)n2)cc1. The Kier molecular flexibility index (Phi) is 5.03. The smallest absolute Gasteiger partial charge is 0.313 e. The highest BCUT2D eigenvalue weighted by atomic mass is 32.2. The largest absolute Gasteiger partial charge is 0.491 e. The van der Waals surface area contributed by atoms with Gasteiger partial charge in [0.25, 0.3) is 0 Å². The van der Waals surface area contributed by atoms with E-state index in [2.05, 4.69) is 4.98 Å². The number of rotatable bonds is 6. The van der Waals surface area contributed by atoms with Crippen molar-refractivity contribution in [2.24, 2.45) is 0 Å². The number of aromatic nitrogens is 1. The molecule has 4 nitrogen and oxygen atoms in total. The lowest BCUT2D eigenvalue weighted by molar-refractivity contribution is -0.133. The Morgan fingerprint density at radius 2 is 2.10 bits per heavy atom. The number of nitrogens with zero attached hydrogens (tertiary/aromatic N) is 1. The number of benzene rings is 1. The van der Waals surface area contributed by atoms with Crippen molar-refractivity contribution in [1.82, 2.24) is 4.98 Å². The molecule has 0 atom stereocenters. The van der Waals surface area contributed by atoms with Crippen molar-refractivity contribution in [1.29, 1.82) is 0 Å². The van der Waals surface area contributed by atoms with Crippen LogP contribution in [0.5, 0.6) is 5.75 Å². The summed E-state index contributed by atoms with van der Waals surface area (Å²) in [6, 6.07) is 7.74. The minimum absolute atomic E-state index is 0.0358. The average molecular weight is 309 g/mol. The van der Waals surface area contributed by atoms with E-state index in [1.54, 1.807) is 0 Å². The first-order valence-electron chi connectivity index (χ1n) is 6.12. The molecule has 0 aliphatic carbocycles. The van der Waals surface area contributed by atoms with E-state index in [1.165, 1.54) is 23.1 Å². The number of hydrogen-bond donors (Lipinski definition) is 1. The quantitative estimate of drug-likeness (QED) is 0.823. The lowest BCUT2D eigenvalue weighted by Gasteiger charge is -2.09. The molecule has 0 bridgehead atoms. The summed E-state index contributed by atoms with van der Waals surface area (Å²) in [5.74, 6) is 0.0371. The maximum Gasteiger partial charge on any atom is 0.313 e. The fraction of sp³-hybridized carbons (Fsp3) is 0.286. The molecule has 1 N–H and O–H groups in total. The molecule has 0 unspecified atom stereocenters. The summed E-state index contributed by atoms with van der Waals surface area (Å²) < 4.78 is 6.36. The minimum atomic E-state index is -0.832. The predicted octanol–water partition coefficient (Wildman–Crippen LogP) is 3.77. The molecule has 20 heavy (non-hydrogen) atoms. The first-order valence-corrected chi connectivity index (χ1v) is 7.98. The van der Waals surface area contributed by atoms with E-state index in [0.717, 1.165) is 21.3 Å². The highest BCUT2D eigenvalue weighted by Crippen LogP contribution is 2.29. The molecule has 0 radical (unpaired) electrons. The van der Waals surface area contributed by atoms with E-state index < -0.39 is 5.97 Å². The number of hydrogen-bond acceptors (Lipinski definition) is 5. The van der Waals surface area contributed by atoms with E-state index >= 15 is 0 Å². The third kappa shape index (κ3) is 4.25. The van der Waals surface area contributed by atoms with Gasteiger partial charge in [-0.25, -0.2) is 4.98 Å². The summed E-state index contributed by atoms with van der Waals surface area (Å²) in [4.78, 5) is 14.9. The first kappa shape index (κ1) is 14.9. The molecule has 0 amide bonds. The Labute approximate surface area is 125 Å². The lowest BCUT2D eigenvalue weighted by atomic mass is 10.2. The first-order chi connectivity index (χ1) is 9.54. The van der Waals surface area contributed by atoms with Crippen molar-refractivity contribution in [3.8, 4) is 17.0 Å². The van der Waals surface area contributed by atoms with Gasteiger partial charge in [-0.15, -0.1) is 11.3 Å². The van der Waals surface area contributed by atoms with Crippen LogP contribution in [0.4, 0.5) is 0 Å². The standard InChI is InChI=1S/C14H15NO3S2/c1-9(2)18-11-5-3-10(4-6-11)12-7-19-14(15-12)20-8-13(16)17/h3-7,9H,8H2,1-2H3,(H,16,17). The van der Waals surface area contributed by atoms with E-state index in [0.29, 0.717) is 0 Å². The van der Waals surface area contributed by atoms with Gasteiger partial charge in [0.15, 0.2) is 4.34 Å². The normalized spacial score (nSPS) is 10.8. The molecular weight excluding hydrogens is 294 g/mol. The van der Waals surface area contributed by atoms with E-state index in [9.17, 15) is 4.79 Å². The molecular formula is C14H15NO3S2. The van der Waals surface area contributed by atoms with Crippen LogP contribution in [0.3, 0.4) is 0 Å². The third-order valence-electron chi connectivity index (χ3n) is 2.32. The zero-order chi connectivity index (χ0) is 14.5. The number of carbonyl (C=O) groups is 1. The Morgan fingerprint density at radius 3 is 2.70 bits per heavy atom. The molecule has 0 aliphatic rings. The maximum atomic E-state index is 10.5. The molecule has 1 aromatic carbocycles. The minimum Gasteiger partial charge on any atom is -0.491 e. The third-order valence-corrected chi connectivity index (χ3v) is 4.33. The molecule has 0 aliphatic heterocycles. The Hall–Kier alpha value is -1.53. The maximum absolute atomic E-state index is 10.5. The van der Waals surface area contributed by atoms with Gasteiger partial charge in [-0.3, -0.25) is 4.79 Å². The molecule has 1 aromatic heterocycles. The summed E-state index contributed by atoms with van der Waals surface area (Å²) in [6.45, 7) is 3.97. The number of ether oxygens (including phenoxy) is 1. The second-order valence-electron chi connectivity index (χ2n) is 4.37. The molecule has 0 spiro atoms. The number of thioether (sulfide) groups is 1. The molecule has 0 saturated heterocycles. The summed E-state index contributed by atoms with van der Waals surface area (Å²) in [5.41, 5.74) is 1.86. The summed E-state index contributed by atoms with van der Waals surface area (Å²) in [6.07, 6.45) is 0.152. The van der Waals surface area contributed by atoms with Crippen LogP contribution in [-0.2, 0) is 4.79 Å². The van der Waals surface area contributed by atoms with Gasteiger partial charge in [0.2, 0.25) is 0 Å². The highest BCUT2D eigenvalue weighted by Gasteiger charge is 2.07. The Balaban J connectivity index is 2.06. The number of carboxylic acid groups (broad SMARTS) is 1. The molecule has 0 saturated carbocycles. The summed E-state index contributed by atoms with van der Waals surface area (Å²) in [7, 11) is 0. The van der Waals surface area contributed by atoms with Crippen LogP contribution in [0.1, 0.15) is 13.8 Å². The fourth-order valence-corrected chi connectivity index (χ4v) is 3.11. The van der Waals surface area contributed by atoms with Crippen LogP contribution in [-0.4, -0.2) is 27.9 Å². The molecule has 106 valence electrons. The Morgan fingerprint density at radius 1 is 1.40 bits per heavy atom. The van der Waals surface area contributed by atoms with Crippen LogP contribution in [0.15, 0.2) is 34.0 Å². The topological polar surface area (TPSA) is 59.4 Å². The second-order valence-corrected chi connectivity index (χ2v) is 6.45. The number of carboxylic acids is 1. The average Bonchev–Trinajstić information content (AvgIpc) is 2.85. The van der Waals surface area contributed by atoms with Crippen LogP contribution >= 0.6 is 23.1 Å². The molecule has 2 aromatic rings. The van der Waals surface area contributed by atoms with Gasteiger partial charge in [-0.05, 0) is 38.1 Å². The van der Waals surface area contributed by atoms with Gasteiger partial charge in [0.05, 0.1) is 17.6 Å². The highest BCUT2D eigenvalue weighted by molar-refractivity contribution is 8.01. The molecule has 0 fully saturated rings. The van der Waals surface area contributed by atoms with Gasteiger partial charge in [0, 0.05) is 10.9 Å². The Bertz CT molecular complexity index is 578. The van der Waals surface area contributed by atoms with Crippen LogP contribution < -0.4 is 4.74 Å². The zero-order valence-corrected chi connectivity index (χ0v) is 12.8. The van der Waals surface area contributed by atoms with Crippen molar-refractivity contribution in [2.45, 2.75) is 24.3 Å². The zero-order valence-electron chi connectivity index (χ0n) is 11.2. The number of aliphatic carboxylic acids is 1. The van der Waals surface area contributed by atoms with Crippen LogP contribution in [0, 0.1) is 0 Å². The monoisotopic (exact) mass is 309 g/mol. The van der Waals surface area contributed by atoms with E-state index in [1.807, 2.05) is 43.5 Å². The number of thiazole rings is 1. The van der Waals surface area contributed by atoms with Gasteiger partial charge < -0.3 is 9.84 Å². The van der Waals surface area contributed by atoms with Crippen molar-refractivity contribution < 1.29 is 14.6 Å². The summed E-state index contributed by atoms with van der Waals surface area (Å²) >= 11 is 2.70. The summed E-state index contributed by atoms with van der Waals surface area (Å²) in [5, 5.41) is 10.6. The van der Waals surface area contributed by atoms with Crippen LogP contribution in [0.25, 0.3) is 11.3 Å². The van der Waals surface area contributed by atoms with Crippen molar-refractivity contribution in [3.63, 3.8) is 0 Å². The van der Waals surface area contributed by atoms with Crippen molar-refractivity contribution in [3.05, 3.63) is 29.6 Å². The van der Waals surface area contributed by atoms with Gasteiger partial charge >= 0.3 is 5.97 Å². The van der Waals surface area contributed by atoms with E-state index in [4.69, 9.17) is 9.84 Å². The van der Waals surface area contributed by atoms with Gasteiger partial charge in [-0.2, -0.15) is 0 Å². The lowest BCUT2D eigenvalue weighted by Crippen LogP contribution is -2.05.